The van der Waals surface area contributed by atoms with Gasteiger partial charge in [-0.25, -0.2) is 4.98 Å². The summed E-state index contributed by atoms with van der Waals surface area (Å²) in [5.74, 6) is -0.293. The molecule has 0 aliphatic rings. The summed E-state index contributed by atoms with van der Waals surface area (Å²) in [6, 6.07) is 13.9. The second-order valence-electron chi connectivity index (χ2n) is 6.43. The fourth-order valence-electron chi connectivity index (χ4n) is 3.16. The lowest BCUT2D eigenvalue weighted by Gasteiger charge is -2.11. The molecule has 140 valence electrons. The number of fused-ring (bicyclic) bond motifs is 3. The molecule has 0 fully saturated rings. The van der Waals surface area contributed by atoms with Crippen molar-refractivity contribution in [1.29, 1.82) is 0 Å². The number of carbonyl (C=O) groups is 2. The van der Waals surface area contributed by atoms with Gasteiger partial charge in [0.25, 0.3) is 5.56 Å². The average molecular weight is 374 g/mol. The Morgan fingerprint density at radius 3 is 2.57 bits per heavy atom. The lowest BCUT2D eigenvalue weighted by molar-refractivity contribution is -0.115. The van der Waals surface area contributed by atoms with E-state index >= 15 is 0 Å². The lowest BCUT2D eigenvalue weighted by atomic mass is 10.1. The molecule has 0 aliphatic carbocycles. The third-order valence-corrected chi connectivity index (χ3v) is 4.65. The maximum Gasteiger partial charge on any atom is 0.262 e. The Bertz CT molecular complexity index is 1250. The molecule has 0 unspecified atom stereocenters. The van der Waals surface area contributed by atoms with E-state index in [1.807, 2.05) is 12.1 Å². The van der Waals surface area contributed by atoms with E-state index in [4.69, 9.17) is 0 Å². The van der Waals surface area contributed by atoms with Crippen molar-refractivity contribution in [3.05, 3.63) is 77.0 Å². The van der Waals surface area contributed by atoms with Gasteiger partial charge in [0, 0.05) is 17.7 Å². The van der Waals surface area contributed by atoms with Crippen LogP contribution >= 0.6 is 0 Å². The van der Waals surface area contributed by atoms with Crippen LogP contribution in [-0.2, 0) is 11.3 Å². The Hall–Kier alpha value is -3.74. The summed E-state index contributed by atoms with van der Waals surface area (Å²) in [5, 5.41) is 3.27. The van der Waals surface area contributed by atoms with Crippen LogP contribution < -0.4 is 10.9 Å². The first-order valence-electron chi connectivity index (χ1n) is 8.95. The molecule has 0 radical (unpaired) electrons. The van der Waals surface area contributed by atoms with Gasteiger partial charge in [-0.15, -0.1) is 0 Å². The summed E-state index contributed by atoms with van der Waals surface area (Å²) in [7, 11) is 0. The van der Waals surface area contributed by atoms with Crippen LogP contribution in [0.25, 0.3) is 16.6 Å². The van der Waals surface area contributed by atoms with Gasteiger partial charge in [0.05, 0.1) is 23.6 Å². The molecule has 0 saturated heterocycles. The predicted molar refractivity (Wildman–Crippen MR) is 107 cm³/mol. The number of anilines is 1. The second kappa shape index (κ2) is 7.11. The molecule has 0 spiro atoms. The number of Topliss-reactive ketones (excluding diaryl/α,β-unsaturated/α-hetero) is 1. The van der Waals surface area contributed by atoms with Crippen molar-refractivity contribution in [2.45, 2.75) is 19.9 Å². The van der Waals surface area contributed by atoms with Crippen LogP contribution in [0.1, 0.15) is 23.7 Å². The average Bonchev–Trinajstić information content (AvgIpc) is 3.21. The number of ketones is 1. The third kappa shape index (κ3) is 3.07. The Morgan fingerprint density at radius 2 is 1.82 bits per heavy atom. The molecule has 0 saturated carbocycles. The lowest BCUT2D eigenvalue weighted by Crippen LogP contribution is -2.26. The fraction of sp³-hybridized carbons (Fsp3) is 0.143. The number of imidazole rings is 1. The van der Waals surface area contributed by atoms with Crippen LogP contribution in [0.4, 0.5) is 5.69 Å². The van der Waals surface area contributed by atoms with Gasteiger partial charge in [-0.2, -0.15) is 0 Å². The number of amides is 1. The van der Waals surface area contributed by atoms with E-state index in [0.717, 1.165) is 5.52 Å². The number of carbonyl (C=O) groups excluding carboxylic acids is 2. The zero-order valence-electron chi connectivity index (χ0n) is 15.3. The minimum absolute atomic E-state index is 0.0927. The van der Waals surface area contributed by atoms with Crippen LogP contribution in [0.3, 0.4) is 0 Å². The van der Waals surface area contributed by atoms with Crippen molar-refractivity contribution >= 4 is 33.9 Å². The summed E-state index contributed by atoms with van der Waals surface area (Å²) in [4.78, 5) is 41.3. The van der Waals surface area contributed by atoms with Gasteiger partial charge in [-0.05, 0) is 36.4 Å². The highest BCUT2D eigenvalue weighted by molar-refractivity contribution is 5.97. The minimum Gasteiger partial charge on any atom is -0.326 e. The quantitative estimate of drug-likeness (QED) is 0.544. The summed E-state index contributed by atoms with van der Waals surface area (Å²) >= 11 is 0. The summed E-state index contributed by atoms with van der Waals surface area (Å²) < 4.78 is 3.23. The van der Waals surface area contributed by atoms with Gasteiger partial charge in [-0.3, -0.25) is 23.4 Å². The number of hydrogen-bond acceptors (Lipinski definition) is 4. The maximum absolute atomic E-state index is 12.9. The summed E-state index contributed by atoms with van der Waals surface area (Å²) in [6.45, 7) is 1.67. The molecule has 0 bridgehead atoms. The van der Waals surface area contributed by atoms with Gasteiger partial charge in [-0.1, -0.05) is 19.1 Å². The highest BCUT2D eigenvalue weighted by Gasteiger charge is 2.15. The molecule has 2 heterocycles. The SMILES string of the molecule is CCC(=O)Nc1ccc(C(=O)Cn2c(=O)c3ccccc3n3cncc23)cc1. The summed E-state index contributed by atoms with van der Waals surface area (Å²) in [6.07, 6.45) is 3.58. The van der Waals surface area contributed by atoms with Gasteiger partial charge in [0.1, 0.15) is 12.0 Å². The number of hydrogen-bond donors (Lipinski definition) is 1. The third-order valence-electron chi connectivity index (χ3n) is 4.65. The van der Waals surface area contributed by atoms with Crippen molar-refractivity contribution in [3.63, 3.8) is 0 Å². The Balaban J connectivity index is 1.69. The van der Waals surface area contributed by atoms with Gasteiger partial charge in [0.2, 0.25) is 5.91 Å². The van der Waals surface area contributed by atoms with Gasteiger partial charge < -0.3 is 5.32 Å². The van der Waals surface area contributed by atoms with E-state index < -0.39 is 0 Å². The molecule has 7 heteroatoms. The number of benzene rings is 2. The van der Waals surface area contributed by atoms with E-state index in [1.54, 1.807) is 60.2 Å². The molecule has 2 aromatic carbocycles. The van der Waals surface area contributed by atoms with Crippen LogP contribution in [0.2, 0.25) is 0 Å². The van der Waals surface area contributed by atoms with Crippen LogP contribution in [0.5, 0.6) is 0 Å². The molecular weight excluding hydrogens is 356 g/mol. The van der Waals surface area contributed by atoms with E-state index in [1.165, 1.54) is 4.57 Å². The molecule has 4 aromatic rings. The van der Waals surface area contributed by atoms with Crippen molar-refractivity contribution in [2.24, 2.45) is 0 Å². The fourth-order valence-corrected chi connectivity index (χ4v) is 3.16. The first-order valence-corrected chi connectivity index (χ1v) is 8.95. The molecule has 4 rings (SSSR count). The monoisotopic (exact) mass is 374 g/mol. The molecule has 0 atom stereocenters. The largest absolute Gasteiger partial charge is 0.326 e. The van der Waals surface area contributed by atoms with Crippen molar-refractivity contribution in [1.82, 2.24) is 14.0 Å². The number of rotatable bonds is 5. The van der Waals surface area contributed by atoms with Crippen LogP contribution in [0.15, 0.2) is 65.8 Å². The zero-order valence-corrected chi connectivity index (χ0v) is 15.3. The van der Waals surface area contributed by atoms with E-state index in [0.29, 0.717) is 28.7 Å². The van der Waals surface area contributed by atoms with E-state index in [-0.39, 0.29) is 23.8 Å². The van der Waals surface area contributed by atoms with Crippen molar-refractivity contribution in [3.8, 4) is 0 Å². The van der Waals surface area contributed by atoms with Crippen molar-refractivity contribution in [2.75, 3.05) is 5.32 Å². The van der Waals surface area contributed by atoms with Gasteiger partial charge >= 0.3 is 0 Å². The first kappa shape index (κ1) is 17.7. The predicted octanol–water partition coefficient (Wildman–Crippen LogP) is 2.88. The van der Waals surface area contributed by atoms with Crippen molar-refractivity contribution < 1.29 is 9.59 Å². The molecule has 28 heavy (non-hydrogen) atoms. The maximum atomic E-state index is 12.9. The smallest absolute Gasteiger partial charge is 0.262 e. The number of aromatic nitrogens is 3. The number of nitrogens with one attached hydrogen (secondary N) is 1. The van der Waals surface area contributed by atoms with E-state index in [9.17, 15) is 14.4 Å². The zero-order chi connectivity index (χ0) is 19.7. The molecule has 1 amide bonds. The van der Waals surface area contributed by atoms with Crippen LogP contribution in [0, 0.1) is 0 Å². The Morgan fingerprint density at radius 1 is 1.07 bits per heavy atom. The van der Waals surface area contributed by atoms with Gasteiger partial charge in [0.15, 0.2) is 5.78 Å². The Kier molecular flexibility index (Phi) is 4.49. The topological polar surface area (TPSA) is 85.5 Å². The first-order chi connectivity index (χ1) is 13.6. The minimum atomic E-state index is -0.233. The highest BCUT2D eigenvalue weighted by atomic mass is 16.2. The molecule has 7 nitrogen and oxygen atoms in total. The highest BCUT2D eigenvalue weighted by Crippen LogP contribution is 2.15. The molecule has 1 N–H and O–H groups in total. The standard InChI is InChI=1S/C21H18N4O3/c1-2-19(27)23-15-9-7-14(8-10-15)18(26)12-24-20-11-22-13-25(20)17-6-4-3-5-16(17)21(24)28/h3-11,13H,2,12H2,1H3,(H,23,27). The van der Waals surface area contributed by atoms with E-state index in [2.05, 4.69) is 10.3 Å². The number of nitrogens with zero attached hydrogens (tertiary/aromatic N) is 3. The Labute approximate surface area is 160 Å². The molecule has 2 aromatic heterocycles. The molecular formula is C21H18N4O3. The summed E-state index contributed by atoms with van der Waals surface area (Å²) in [5.41, 5.74) is 2.17. The van der Waals surface area contributed by atoms with Crippen LogP contribution in [-0.4, -0.2) is 25.6 Å². The number of para-hydroxylation sites is 1. The molecule has 0 aliphatic heterocycles. The second-order valence-corrected chi connectivity index (χ2v) is 6.43. The normalized spacial score (nSPS) is 11.0.